The Morgan fingerprint density at radius 1 is 1.24 bits per heavy atom. The van der Waals surface area contributed by atoms with Crippen LogP contribution in [0.5, 0.6) is 0 Å². The van der Waals surface area contributed by atoms with E-state index in [1.165, 1.54) is 35.7 Å². The average molecular weight is 226 g/mol. The van der Waals surface area contributed by atoms with Gasteiger partial charge in [0.2, 0.25) is 0 Å². The molecule has 2 aromatic rings. The molecule has 1 heterocycles. The minimum absolute atomic E-state index is 0.642. The van der Waals surface area contributed by atoms with Gasteiger partial charge in [-0.15, -0.1) is 0 Å². The topological polar surface area (TPSA) is 24.9 Å². The number of nitrogens with zero attached hydrogens (tertiary/aromatic N) is 1. The Labute approximate surface area is 102 Å². The van der Waals surface area contributed by atoms with Crippen LogP contribution in [0.3, 0.4) is 0 Å². The molecule has 0 bridgehead atoms. The van der Waals surface area contributed by atoms with Crippen molar-refractivity contribution in [1.82, 2.24) is 4.98 Å². The summed E-state index contributed by atoms with van der Waals surface area (Å²) in [4.78, 5) is 4.17. The molecule has 1 N–H and O–H groups in total. The zero-order chi connectivity index (χ0) is 11.7. The molecule has 1 aliphatic rings. The summed E-state index contributed by atoms with van der Waals surface area (Å²) in [5.74, 6) is 0.865. The van der Waals surface area contributed by atoms with Gasteiger partial charge in [0.1, 0.15) is 0 Å². The van der Waals surface area contributed by atoms with Crippen molar-refractivity contribution in [3.8, 4) is 0 Å². The number of benzene rings is 1. The number of aromatic nitrogens is 1. The lowest BCUT2D eigenvalue weighted by Gasteiger charge is -2.15. The lowest BCUT2D eigenvalue weighted by Crippen LogP contribution is -2.15. The smallest absolute Gasteiger partial charge is 0.0423 e. The van der Waals surface area contributed by atoms with Crippen molar-refractivity contribution in [1.29, 1.82) is 0 Å². The highest BCUT2D eigenvalue weighted by atomic mass is 14.9. The van der Waals surface area contributed by atoms with Crippen LogP contribution in [0.15, 0.2) is 36.7 Å². The summed E-state index contributed by atoms with van der Waals surface area (Å²) in [6.07, 6.45) is 7.73. The van der Waals surface area contributed by atoms with Crippen molar-refractivity contribution in [3.05, 3.63) is 36.7 Å². The van der Waals surface area contributed by atoms with E-state index in [0.717, 1.165) is 5.92 Å². The highest BCUT2D eigenvalue weighted by Crippen LogP contribution is 2.30. The van der Waals surface area contributed by atoms with Crippen molar-refractivity contribution in [2.24, 2.45) is 5.92 Å². The van der Waals surface area contributed by atoms with Crippen molar-refractivity contribution in [2.75, 3.05) is 5.32 Å². The van der Waals surface area contributed by atoms with Crippen LogP contribution in [0.2, 0.25) is 0 Å². The fraction of sp³-hybridized carbons (Fsp3) is 0.400. The van der Waals surface area contributed by atoms with Crippen molar-refractivity contribution in [2.45, 2.75) is 32.2 Å². The summed E-state index contributed by atoms with van der Waals surface area (Å²) in [5, 5.41) is 6.18. The maximum Gasteiger partial charge on any atom is 0.0423 e. The predicted molar refractivity (Wildman–Crippen MR) is 72.2 cm³/mol. The molecular weight excluding hydrogens is 208 g/mol. The second kappa shape index (κ2) is 4.36. The van der Waals surface area contributed by atoms with E-state index in [9.17, 15) is 0 Å². The van der Waals surface area contributed by atoms with Crippen LogP contribution in [-0.4, -0.2) is 11.0 Å². The predicted octanol–water partition coefficient (Wildman–Crippen LogP) is 3.84. The molecule has 17 heavy (non-hydrogen) atoms. The van der Waals surface area contributed by atoms with Crippen LogP contribution in [0.25, 0.3) is 10.8 Å². The molecule has 2 atom stereocenters. The molecule has 2 nitrogen and oxygen atoms in total. The molecule has 1 aromatic heterocycles. The molecule has 0 aliphatic heterocycles. The van der Waals surface area contributed by atoms with E-state index in [0.29, 0.717) is 6.04 Å². The summed E-state index contributed by atoms with van der Waals surface area (Å²) in [6, 6.07) is 9.13. The van der Waals surface area contributed by atoms with Gasteiger partial charge in [-0.05, 0) is 37.3 Å². The lowest BCUT2D eigenvalue weighted by molar-refractivity contribution is 0.603. The van der Waals surface area contributed by atoms with Crippen LogP contribution in [0.1, 0.15) is 26.2 Å². The summed E-state index contributed by atoms with van der Waals surface area (Å²) in [6.45, 7) is 2.34. The van der Waals surface area contributed by atoms with E-state index in [4.69, 9.17) is 0 Å². The van der Waals surface area contributed by atoms with E-state index >= 15 is 0 Å². The van der Waals surface area contributed by atoms with Gasteiger partial charge in [0.25, 0.3) is 0 Å². The Bertz CT molecular complexity index is 516. The monoisotopic (exact) mass is 226 g/mol. The number of anilines is 1. The fourth-order valence-corrected chi connectivity index (χ4v) is 2.81. The van der Waals surface area contributed by atoms with Gasteiger partial charge in [0.05, 0.1) is 0 Å². The van der Waals surface area contributed by atoms with Crippen LogP contribution >= 0.6 is 0 Å². The lowest BCUT2D eigenvalue weighted by atomic mass is 10.1. The van der Waals surface area contributed by atoms with Gasteiger partial charge in [-0.3, -0.25) is 4.98 Å². The summed E-state index contributed by atoms with van der Waals surface area (Å²) < 4.78 is 0. The maximum atomic E-state index is 4.17. The first-order valence-corrected chi connectivity index (χ1v) is 6.42. The van der Waals surface area contributed by atoms with E-state index in [1.54, 1.807) is 0 Å². The van der Waals surface area contributed by atoms with Crippen molar-refractivity contribution >= 4 is 16.5 Å². The SMILES string of the molecule is CC1CCC(Nc2cccc3cnccc23)C1. The number of nitrogens with one attached hydrogen (secondary N) is 1. The number of pyridine rings is 1. The van der Waals surface area contributed by atoms with E-state index in [2.05, 4.69) is 41.5 Å². The Morgan fingerprint density at radius 2 is 2.18 bits per heavy atom. The van der Waals surface area contributed by atoms with Gasteiger partial charge in [0, 0.05) is 34.9 Å². The molecule has 0 amide bonds. The van der Waals surface area contributed by atoms with Crippen LogP contribution in [-0.2, 0) is 0 Å². The third-order valence-corrected chi connectivity index (χ3v) is 3.74. The molecular formula is C15H18N2. The van der Waals surface area contributed by atoms with E-state index < -0.39 is 0 Å². The maximum absolute atomic E-state index is 4.17. The van der Waals surface area contributed by atoms with Gasteiger partial charge in [-0.1, -0.05) is 19.1 Å². The minimum atomic E-state index is 0.642. The normalized spacial score (nSPS) is 24.1. The summed E-state index contributed by atoms with van der Waals surface area (Å²) >= 11 is 0. The third kappa shape index (κ3) is 2.12. The van der Waals surface area contributed by atoms with Crippen molar-refractivity contribution < 1.29 is 0 Å². The van der Waals surface area contributed by atoms with E-state index in [1.807, 2.05) is 12.4 Å². The average Bonchev–Trinajstić information content (AvgIpc) is 2.75. The highest BCUT2D eigenvalue weighted by molar-refractivity contribution is 5.93. The fourth-order valence-electron chi connectivity index (χ4n) is 2.81. The Kier molecular flexibility index (Phi) is 2.71. The molecule has 1 saturated carbocycles. The van der Waals surface area contributed by atoms with E-state index in [-0.39, 0.29) is 0 Å². The molecule has 0 radical (unpaired) electrons. The zero-order valence-electron chi connectivity index (χ0n) is 10.2. The Morgan fingerprint density at radius 3 is 3.00 bits per heavy atom. The largest absolute Gasteiger partial charge is 0.382 e. The summed E-state index contributed by atoms with van der Waals surface area (Å²) in [7, 11) is 0. The molecule has 2 unspecified atom stereocenters. The van der Waals surface area contributed by atoms with Gasteiger partial charge in [-0.2, -0.15) is 0 Å². The minimum Gasteiger partial charge on any atom is -0.382 e. The molecule has 1 aliphatic carbocycles. The molecule has 0 saturated heterocycles. The number of hydrogen-bond acceptors (Lipinski definition) is 2. The van der Waals surface area contributed by atoms with Gasteiger partial charge >= 0.3 is 0 Å². The van der Waals surface area contributed by atoms with Gasteiger partial charge in [0.15, 0.2) is 0 Å². The Hall–Kier alpha value is -1.57. The second-order valence-corrected chi connectivity index (χ2v) is 5.16. The first-order valence-electron chi connectivity index (χ1n) is 6.42. The van der Waals surface area contributed by atoms with Gasteiger partial charge in [-0.25, -0.2) is 0 Å². The number of fused-ring (bicyclic) bond motifs is 1. The number of hydrogen-bond donors (Lipinski definition) is 1. The highest BCUT2D eigenvalue weighted by Gasteiger charge is 2.21. The van der Waals surface area contributed by atoms with Crippen molar-refractivity contribution in [3.63, 3.8) is 0 Å². The first-order chi connectivity index (χ1) is 8.33. The molecule has 1 fully saturated rings. The van der Waals surface area contributed by atoms with Crippen LogP contribution < -0.4 is 5.32 Å². The molecule has 1 aromatic carbocycles. The number of rotatable bonds is 2. The molecule has 88 valence electrons. The Balaban J connectivity index is 1.90. The quantitative estimate of drug-likeness (QED) is 0.841. The van der Waals surface area contributed by atoms with Crippen LogP contribution in [0, 0.1) is 5.92 Å². The van der Waals surface area contributed by atoms with Gasteiger partial charge < -0.3 is 5.32 Å². The standard InChI is InChI=1S/C15H18N2/c1-11-5-6-13(9-11)17-15-4-2-3-12-10-16-8-7-14(12)15/h2-4,7-8,10-11,13,17H,5-6,9H2,1H3. The molecule has 2 heteroatoms. The molecule has 3 rings (SSSR count). The second-order valence-electron chi connectivity index (χ2n) is 5.16. The first kappa shape index (κ1) is 10.6. The zero-order valence-corrected chi connectivity index (χ0v) is 10.2. The summed E-state index contributed by atoms with van der Waals surface area (Å²) in [5.41, 5.74) is 1.25. The third-order valence-electron chi connectivity index (χ3n) is 3.74. The van der Waals surface area contributed by atoms with Crippen LogP contribution in [0.4, 0.5) is 5.69 Å². The molecule has 0 spiro atoms.